The molecule has 0 spiro atoms. The van der Waals surface area contributed by atoms with E-state index in [0.717, 1.165) is 0 Å². The van der Waals surface area contributed by atoms with Crippen molar-refractivity contribution in [1.82, 2.24) is 0 Å². The average molecular weight is 174 g/mol. The lowest BCUT2D eigenvalue weighted by atomic mass is 10.2. The van der Waals surface area contributed by atoms with Crippen molar-refractivity contribution >= 4 is 11.6 Å². The summed E-state index contributed by atoms with van der Waals surface area (Å²) in [4.78, 5) is 9.78. The van der Waals surface area contributed by atoms with E-state index in [-0.39, 0.29) is 11.6 Å². The molecular formula is C7H5ClFNO. The minimum absolute atomic E-state index is 0.0196. The van der Waals surface area contributed by atoms with E-state index >= 15 is 0 Å². The predicted octanol–water partition coefficient (Wildman–Crippen LogP) is 2.75. The minimum atomic E-state index is -0.485. The number of rotatable bonds is 2. The predicted molar refractivity (Wildman–Crippen MR) is 40.9 cm³/mol. The highest BCUT2D eigenvalue weighted by atomic mass is 35.5. The van der Waals surface area contributed by atoms with Gasteiger partial charge >= 0.3 is 0 Å². The Hall–Kier alpha value is -0.960. The lowest BCUT2D eigenvalue weighted by Gasteiger charge is -1.95. The molecule has 2 nitrogen and oxygen atoms in total. The monoisotopic (exact) mass is 173 g/mol. The summed E-state index contributed by atoms with van der Waals surface area (Å²) in [6.07, 6.45) is 0. The van der Waals surface area contributed by atoms with E-state index in [2.05, 4.69) is 5.18 Å². The van der Waals surface area contributed by atoms with Gasteiger partial charge in [0.15, 0.2) is 0 Å². The highest BCUT2D eigenvalue weighted by Gasteiger charge is 1.99. The molecule has 0 aliphatic heterocycles. The van der Waals surface area contributed by atoms with Crippen molar-refractivity contribution in [2.75, 3.05) is 0 Å². The second-order valence-electron chi connectivity index (χ2n) is 2.04. The summed E-state index contributed by atoms with van der Waals surface area (Å²) in [5.74, 6) is -0.485. The average Bonchev–Trinajstić information content (AvgIpc) is 1.98. The Kier molecular flexibility index (Phi) is 2.54. The fourth-order valence-corrected chi connectivity index (χ4v) is 0.916. The highest BCUT2D eigenvalue weighted by Crippen LogP contribution is 2.16. The van der Waals surface area contributed by atoms with Gasteiger partial charge in [-0.1, -0.05) is 22.8 Å². The number of hydrogen-bond donors (Lipinski definition) is 0. The van der Waals surface area contributed by atoms with Gasteiger partial charge in [0, 0.05) is 0 Å². The Morgan fingerprint density at radius 3 is 2.82 bits per heavy atom. The van der Waals surface area contributed by atoms with E-state index in [1.807, 2.05) is 0 Å². The molecule has 11 heavy (non-hydrogen) atoms. The summed E-state index contributed by atoms with van der Waals surface area (Å²) < 4.78 is 12.5. The third-order valence-corrected chi connectivity index (χ3v) is 1.52. The Labute approximate surface area is 68.0 Å². The van der Waals surface area contributed by atoms with Gasteiger partial charge in [-0.3, -0.25) is 0 Å². The number of nitrogens with zero attached hydrogens (tertiary/aromatic N) is 1. The first-order valence-electron chi connectivity index (χ1n) is 2.97. The molecule has 0 aromatic heterocycles. The number of halogens is 2. The number of hydrogen-bond acceptors (Lipinski definition) is 2. The molecule has 4 heteroatoms. The van der Waals surface area contributed by atoms with Crippen molar-refractivity contribution in [3.8, 4) is 0 Å². The first-order valence-corrected chi connectivity index (χ1v) is 3.35. The van der Waals surface area contributed by atoms with Gasteiger partial charge in [0.1, 0.15) is 12.4 Å². The maximum atomic E-state index is 12.5. The lowest BCUT2D eigenvalue weighted by molar-refractivity contribution is 0.627. The van der Waals surface area contributed by atoms with Gasteiger partial charge in [-0.15, -0.1) is 0 Å². The van der Waals surface area contributed by atoms with Crippen molar-refractivity contribution in [1.29, 1.82) is 0 Å². The van der Waals surface area contributed by atoms with Crippen LogP contribution in [0.5, 0.6) is 0 Å². The molecule has 0 heterocycles. The molecule has 0 radical (unpaired) electrons. The molecule has 0 bridgehead atoms. The molecule has 0 aliphatic rings. The quantitative estimate of drug-likeness (QED) is 0.633. The van der Waals surface area contributed by atoms with Crippen molar-refractivity contribution in [2.45, 2.75) is 6.54 Å². The SMILES string of the molecule is O=NCc1ccc(F)c(Cl)c1. The van der Waals surface area contributed by atoms with Crippen LogP contribution in [0.3, 0.4) is 0 Å². The van der Waals surface area contributed by atoms with Gasteiger partial charge in [0.25, 0.3) is 0 Å². The largest absolute Gasteiger partial charge is 0.205 e. The normalized spacial score (nSPS) is 9.64. The van der Waals surface area contributed by atoms with Crippen LogP contribution in [0.2, 0.25) is 5.02 Å². The Morgan fingerprint density at radius 1 is 1.55 bits per heavy atom. The van der Waals surface area contributed by atoms with Gasteiger partial charge in [-0.25, -0.2) is 4.39 Å². The van der Waals surface area contributed by atoms with Crippen LogP contribution in [0.4, 0.5) is 4.39 Å². The Bertz CT molecular complexity index is 277. The van der Waals surface area contributed by atoms with Crippen molar-refractivity contribution < 1.29 is 4.39 Å². The lowest BCUT2D eigenvalue weighted by Crippen LogP contribution is -1.82. The summed E-state index contributed by atoms with van der Waals surface area (Å²) in [6.45, 7) is 0.0278. The molecule has 0 saturated heterocycles. The summed E-state index contributed by atoms with van der Waals surface area (Å²) >= 11 is 5.43. The molecule has 0 unspecified atom stereocenters. The van der Waals surface area contributed by atoms with Gasteiger partial charge in [0.05, 0.1) is 5.02 Å². The summed E-state index contributed by atoms with van der Waals surface area (Å²) in [6, 6.07) is 4.07. The molecule has 0 fully saturated rings. The van der Waals surface area contributed by atoms with Crippen LogP contribution in [0.1, 0.15) is 5.56 Å². The molecule has 1 aromatic rings. The molecule has 0 aliphatic carbocycles. The third kappa shape index (κ3) is 1.98. The molecule has 0 atom stereocenters. The van der Waals surface area contributed by atoms with Crippen LogP contribution in [-0.2, 0) is 6.54 Å². The zero-order valence-corrected chi connectivity index (χ0v) is 6.31. The molecule has 1 aromatic carbocycles. The smallest absolute Gasteiger partial charge is 0.141 e. The highest BCUT2D eigenvalue weighted by molar-refractivity contribution is 6.30. The number of nitroso groups, excluding NO2 is 1. The molecular weight excluding hydrogens is 169 g/mol. The Balaban J connectivity index is 2.95. The van der Waals surface area contributed by atoms with E-state index < -0.39 is 5.82 Å². The maximum Gasteiger partial charge on any atom is 0.141 e. The van der Waals surface area contributed by atoms with Crippen LogP contribution in [0.15, 0.2) is 23.4 Å². The minimum Gasteiger partial charge on any atom is -0.205 e. The van der Waals surface area contributed by atoms with Crippen molar-refractivity contribution in [3.05, 3.63) is 39.5 Å². The fraction of sp³-hybridized carbons (Fsp3) is 0.143. The van der Waals surface area contributed by atoms with E-state index in [0.29, 0.717) is 5.56 Å². The van der Waals surface area contributed by atoms with Crippen LogP contribution >= 0.6 is 11.6 Å². The topological polar surface area (TPSA) is 29.4 Å². The molecule has 1 rings (SSSR count). The van der Waals surface area contributed by atoms with Gasteiger partial charge in [-0.05, 0) is 17.7 Å². The summed E-state index contributed by atoms with van der Waals surface area (Å²) in [5, 5.41) is 2.67. The van der Waals surface area contributed by atoms with E-state index in [9.17, 15) is 9.30 Å². The van der Waals surface area contributed by atoms with Gasteiger partial charge < -0.3 is 0 Å². The second-order valence-corrected chi connectivity index (χ2v) is 2.44. The van der Waals surface area contributed by atoms with Crippen LogP contribution in [-0.4, -0.2) is 0 Å². The second kappa shape index (κ2) is 3.44. The van der Waals surface area contributed by atoms with Crippen molar-refractivity contribution in [2.24, 2.45) is 5.18 Å². The summed E-state index contributed by atoms with van der Waals surface area (Å²) in [7, 11) is 0. The molecule has 0 N–H and O–H groups in total. The van der Waals surface area contributed by atoms with E-state index in [4.69, 9.17) is 11.6 Å². The molecule has 58 valence electrons. The van der Waals surface area contributed by atoms with Crippen LogP contribution in [0, 0.1) is 10.7 Å². The Morgan fingerprint density at radius 2 is 2.27 bits per heavy atom. The molecule has 0 saturated carbocycles. The fourth-order valence-electron chi connectivity index (χ4n) is 0.713. The number of benzene rings is 1. The maximum absolute atomic E-state index is 12.5. The van der Waals surface area contributed by atoms with Gasteiger partial charge in [0.2, 0.25) is 0 Å². The molecule has 0 amide bonds. The third-order valence-electron chi connectivity index (χ3n) is 1.23. The zero-order chi connectivity index (χ0) is 8.27. The summed E-state index contributed by atoms with van der Waals surface area (Å²) in [5.41, 5.74) is 0.617. The van der Waals surface area contributed by atoms with Crippen molar-refractivity contribution in [3.63, 3.8) is 0 Å². The van der Waals surface area contributed by atoms with Gasteiger partial charge in [-0.2, -0.15) is 4.91 Å². The van der Waals surface area contributed by atoms with Crippen LogP contribution < -0.4 is 0 Å². The first kappa shape index (κ1) is 8.14. The first-order chi connectivity index (χ1) is 5.24. The van der Waals surface area contributed by atoms with E-state index in [1.165, 1.54) is 18.2 Å². The zero-order valence-electron chi connectivity index (χ0n) is 5.55. The van der Waals surface area contributed by atoms with E-state index in [1.54, 1.807) is 0 Å². The standard InChI is InChI=1S/C7H5ClFNO/c8-6-3-5(4-10-11)1-2-7(6)9/h1-3H,4H2. The van der Waals surface area contributed by atoms with Crippen LogP contribution in [0.25, 0.3) is 0 Å².